The third-order valence-corrected chi connectivity index (χ3v) is 8.32. The van der Waals surface area contributed by atoms with Gasteiger partial charge in [-0.25, -0.2) is 0 Å². The number of benzene rings is 2. The van der Waals surface area contributed by atoms with Gasteiger partial charge in [0, 0.05) is 32.6 Å². The molecule has 3 aromatic rings. The van der Waals surface area contributed by atoms with Crippen LogP contribution in [0.25, 0.3) is 0 Å². The van der Waals surface area contributed by atoms with Gasteiger partial charge in [-0.3, -0.25) is 0 Å². The SMILES string of the molecule is COCCCN1CCOc2ccc(CO[C@H]3CC[C@@H](C[C@@H](C)Cc4nn[nH]n4)C[C@@H]3c3ccc(OC)cc3)cc21. The van der Waals surface area contributed by atoms with E-state index in [0.717, 1.165) is 81.4 Å². The first-order valence-electron chi connectivity index (χ1n) is 14.6. The number of hydrogen-bond acceptors (Lipinski definition) is 8. The molecular weight excluding hydrogens is 506 g/mol. The molecular formula is C31H43N5O4. The Kier molecular flexibility index (Phi) is 9.89. The average molecular weight is 550 g/mol. The number of hydrogen-bond donors (Lipinski definition) is 1. The van der Waals surface area contributed by atoms with Crippen LogP contribution in [-0.2, 0) is 22.5 Å². The molecule has 1 aliphatic heterocycles. The van der Waals surface area contributed by atoms with Crippen LogP contribution in [0.4, 0.5) is 5.69 Å². The molecule has 5 rings (SSSR count). The topological polar surface area (TPSA) is 94.6 Å². The molecule has 0 amide bonds. The molecule has 2 aliphatic rings. The van der Waals surface area contributed by atoms with E-state index in [1.54, 1.807) is 14.2 Å². The fraction of sp³-hybridized carbons (Fsp3) is 0.581. The molecule has 4 atom stereocenters. The van der Waals surface area contributed by atoms with Gasteiger partial charge in [0.1, 0.15) is 18.1 Å². The van der Waals surface area contributed by atoms with Crippen molar-refractivity contribution in [3.05, 3.63) is 59.4 Å². The maximum absolute atomic E-state index is 6.71. The van der Waals surface area contributed by atoms with Gasteiger partial charge >= 0.3 is 0 Å². The predicted molar refractivity (Wildman–Crippen MR) is 154 cm³/mol. The number of methoxy groups -OCH3 is 2. The first-order valence-corrected chi connectivity index (χ1v) is 14.6. The van der Waals surface area contributed by atoms with Crippen molar-refractivity contribution in [2.45, 2.75) is 64.1 Å². The van der Waals surface area contributed by atoms with Crippen molar-refractivity contribution in [2.24, 2.45) is 11.8 Å². The summed E-state index contributed by atoms with van der Waals surface area (Å²) in [7, 11) is 3.47. The minimum absolute atomic E-state index is 0.169. The lowest BCUT2D eigenvalue weighted by Crippen LogP contribution is -2.34. The van der Waals surface area contributed by atoms with Crippen LogP contribution in [0.5, 0.6) is 11.5 Å². The van der Waals surface area contributed by atoms with Crippen molar-refractivity contribution in [3.63, 3.8) is 0 Å². The molecule has 1 aliphatic carbocycles. The largest absolute Gasteiger partial charge is 0.497 e. The van der Waals surface area contributed by atoms with Crippen molar-refractivity contribution >= 4 is 5.69 Å². The second-order valence-corrected chi connectivity index (χ2v) is 11.3. The number of nitrogens with one attached hydrogen (secondary N) is 1. The maximum atomic E-state index is 6.71. The van der Waals surface area contributed by atoms with Gasteiger partial charge in [-0.1, -0.05) is 30.3 Å². The second-order valence-electron chi connectivity index (χ2n) is 11.3. The molecule has 0 radical (unpaired) electrons. The number of nitrogens with zero attached hydrogens (tertiary/aromatic N) is 4. The monoisotopic (exact) mass is 549 g/mol. The molecule has 2 heterocycles. The minimum Gasteiger partial charge on any atom is -0.497 e. The van der Waals surface area contributed by atoms with Crippen LogP contribution < -0.4 is 14.4 Å². The summed E-state index contributed by atoms with van der Waals surface area (Å²) in [6.07, 6.45) is 6.49. The van der Waals surface area contributed by atoms with Crippen molar-refractivity contribution in [3.8, 4) is 11.5 Å². The molecule has 9 nitrogen and oxygen atoms in total. The van der Waals surface area contributed by atoms with E-state index in [1.165, 1.54) is 17.5 Å². The summed E-state index contributed by atoms with van der Waals surface area (Å²) in [4.78, 5) is 2.41. The number of H-pyrrole nitrogens is 1. The zero-order valence-electron chi connectivity index (χ0n) is 24.1. The fourth-order valence-electron chi connectivity index (χ4n) is 6.32. The molecule has 0 unspecified atom stereocenters. The molecule has 0 bridgehead atoms. The number of aromatic amines is 1. The quantitative estimate of drug-likeness (QED) is 0.292. The highest BCUT2D eigenvalue weighted by Gasteiger charge is 2.33. The smallest absolute Gasteiger partial charge is 0.174 e. The molecule has 40 heavy (non-hydrogen) atoms. The lowest BCUT2D eigenvalue weighted by atomic mass is 9.73. The van der Waals surface area contributed by atoms with Gasteiger partial charge in [-0.05, 0) is 79.3 Å². The number of rotatable bonds is 13. The molecule has 1 fully saturated rings. The van der Waals surface area contributed by atoms with Crippen LogP contribution in [0.3, 0.4) is 0 Å². The van der Waals surface area contributed by atoms with Crippen LogP contribution in [-0.4, -0.2) is 67.3 Å². The Hall–Kier alpha value is -3.17. The lowest BCUT2D eigenvalue weighted by Gasteiger charge is -2.37. The number of aromatic nitrogens is 4. The fourth-order valence-corrected chi connectivity index (χ4v) is 6.32. The van der Waals surface area contributed by atoms with Crippen LogP contribution >= 0.6 is 0 Å². The van der Waals surface area contributed by atoms with Gasteiger partial charge in [0.25, 0.3) is 0 Å². The minimum atomic E-state index is 0.169. The number of tetrazole rings is 1. The van der Waals surface area contributed by atoms with E-state index in [0.29, 0.717) is 24.4 Å². The number of fused-ring (bicyclic) bond motifs is 1. The summed E-state index contributed by atoms with van der Waals surface area (Å²) in [6.45, 7) is 6.23. The van der Waals surface area contributed by atoms with Gasteiger partial charge in [0.2, 0.25) is 0 Å². The highest BCUT2D eigenvalue weighted by atomic mass is 16.5. The first kappa shape index (κ1) is 28.4. The summed E-state index contributed by atoms with van der Waals surface area (Å²) in [5, 5.41) is 14.6. The first-order chi connectivity index (χ1) is 19.6. The van der Waals surface area contributed by atoms with E-state index in [4.69, 9.17) is 18.9 Å². The molecule has 0 saturated heterocycles. The normalized spacial score (nSPS) is 21.5. The van der Waals surface area contributed by atoms with Crippen molar-refractivity contribution in [1.29, 1.82) is 0 Å². The summed E-state index contributed by atoms with van der Waals surface area (Å²) in [5.74, 6) is 4.11. The molecule has 0 spiro atoms. The predicted octanol–water partition coefficient (Wildman–Crippen LogP) is 5.18. The van der Waals surface area contributed by atoms with E-state index in [2.05, 4.69) is 74.9 Å². The van der Waals surface area contributed by atoms with E-state index in [1.807, 2.05) is 0 Å². The highest BCUT2D eigenvalue weighted by Crippen LogP contribution is 2.42. The second kappa shape index (κ2) is 13.9. The number of anilines is 1. The van der Waals surface area contributed by atoms with Gasteiger partial charge in [0.05, 0.1) is 32.1 Å². The Morgan fingerprint density at radius 1 is 1.12 bits per heavy atom. The molecule has 9 heteroatoms. The van der Waals surface area contributed by atoms with Gasteiger partial charge in [-0.15, -0.1) is 10.2 Å². The van der Waals surface area contributed by atoms with E-state index < -0.39 is 0 Å². The maximum Gasteiger partial charge on any atom is 0.174 e. The van der Waals surface area contributed by atoms with Crippen LogP contribution in [0, 0.1) is 11.8 Å². The van der Waals surface area contributed by atoms with Crippen LogP contribution in [0.1, 0.15) is 61.9 Å². The van der Waals surface area contributed by atoms with E-state index >= 15 is 0 Å². The molecule has 1 aromatic heterocycles. The standard InChI is InChI=1S/C31H43N5O4/c1-22(18-31-32-34-35-33-31)17-23-5-11-29(27(19-23)25-7-9-26(38-3)10-8-25)40-21-24-6-12-30-28(20-24)36(14-16-39-30)13-4-15-37-2/h6-10,12,20,22-23,27,29H,4-5,11,13-19,21H2,1-3H3,(H,32,33,34,35)/t22-,23+,27-,29+/m1/s1. The Bertz CT molecular complexity index is 1170. The van der Waals surface area contributed by atoms with Crippen molar-refractivity contribution in [2.75, 3.05) is 45.4 Å². The Labute approximate surface area is 237 Å². The highest BCUT2D eigenvalue weighted by molar-refractivity contribution is 5.61. The van der Waals surface area contributed by atoms with Gasteiger partial charge in [0.15, 0.2) is 5.82 Å². The molecule has 1 saturated carbocycles. The summed E-state index contributed by atoms with van der Waals surface area (Å²) in [6, 6.07) is 15.0. The van der Waals surface area contributed by atoms with Gasteiger partial charge in [-0.2, -0.15) is 5.21 Å². The zero-order valence-corrected chi connectivity index (χ0v) is 24.1. The van der Waals surface area contributed by atoms with Crippen molar-refractivity contribution < 1.29 is 18.9 Å². The van der Waals surface area contributed by atoms with Crippen LogP contribution in [0.15, 0.2) is 42.5 Å². The van der Waals surface area contributed by atoms with Crippen LogP contribution in [0.2, 0.25) is 0 Å². The summed E-state index contributed by atoms with van der Waals surface area (Å²) < 4.78 is 23.3. The van der Waals surface area contributed by atoms with E-state index in [9.17, 15) is 0 Å². The van der Waals surface area contributed by atoms with Crippen molar-refractivity contribution in [1.82, 2.24) is 20.6 Å². The molecule has 2 aromatic carbocycles. The Balaban J connectivity index is 1.25. The molecule has 216 valence electrons. The average Bonchev–Trinajstić information content (AvgIpc) is 3.49. The third kappa shape index (κ3) is 7.31. The zero-order chi connectivity index (χ0) is 27.7. The Morgan fingerprint density at radius 2 is 2.00 bits per heavy atom. The summed E-state index contributed by atoms with van der Waals surface area (Å²) >= 11 is 0. The third-order valence-electron chi connectivity index (χ3n) is 8.32. The summed E-state index contributed by atoms with van der Waals surface area (Å²) in [5.41, 5.74) is 3.67. The Morgan fingerprint density at radius 3 is 2.77 bits per heavy atom. The van der Waals surface area contributed by atoms with Gasteiger partial charge < -0.3 is 23.8 Å². The number of ether oxygens (including phenoxy) is 4. The molecule has 1 N–H and O–H groups in total. The lowest BCUT2D eigenvalue weighted by molar-refractivity contribution is -0.0107. The van der Waals surface area contributed by atoms with E-state index in [-0.39, 0.29) is 6.10 Å².